The molecule has 0 saturated carbocycles. The molecular formula is C23H27BrN2O3. The van der Waals surface area contributed by atoms with Gasteiger partial charge in [0.1, 0.15) is 5.69 Å². The van der Waals surface area contributed by atoms with Gasteiger partial charge in [0, 0.05) is 36.1 Å². The number of fused-ring (bicyclic) bond motifs is 1. The van der Waals surface area contributed by atoms with E-state index in [1.807, 2.05) is 61.7 Å². The number of aromatic nitrogens is 1. The Kier molecular flexibility index (Phi) is 7.62. The van der Waals surface area contributed by atoms with Gasteiger partial charge in [0.2, 0.25) is 0 Å². The lowest BCUT2D eigenvalue weighted by Crippen LogP contribution is -2.21. The van der Waals surface area contributed by atoms with Gasteiger partial charge in [-0.25, -0.2) is 4.79 Å². The maximum absolute atomic E-state index is 12.3. The van der Waals surface area contributed by atoms with Crippen LogP contribution >= 0.6 is 15.9 Å². The van der Waals surface area contributed by atoms with Gasteiger partial charge in [0.15, 0.2) is 0 Å². The van der Waals surface area contributed by atoms with Gasteiger partial charge in [-0.15, -0.1) is 0 Å². The molecule has 3 rings (SSSR count). The topological polar surface area (TPSA) is 51.5 Å². The highest BCUT2D eigenvalue weighted by Gasteiger charge is 2.18. The molecule has 5 nitrogen and oxygen atoms in total. The summed E-state index contributed by atoms with van der Waals surface area (Å²) >= 11 is 3.58. The second kappa shape index (κ2) is 9.74. The van der Waals surface area contributed by atoms with Gasteiger partial charge in [0.25, 0.3) is 5.91 Å². The smallest absolute Gasteiger partial charge is 0.354 e. The number of nitrogens with zero attached hydrogens (tertiary/aromatic N) is 2. The van der Waals surface area contributed by atoms with Crippen molar-refractivity contribution in [1.29, 1.82) is 0 Å². The summed E-state index contributed by atoms with van der Waals surface area (Å²) in [5, 5.41) is 0.959. The summed E-state index contributed by atoms with van der Waals surface area (Å²) in [5.41, 5.74) is 4.17. The number of amides is 1. The highest BCUT2D eigenvalue weighted by molar-refractivity contribution is 9.10. The minimum Gasteiger partial charge on any atom is -0.464 e. The lowest BCUT2D eigenvalue weighted by Gasteiger charge is -2.13. The molecule has 0 N–H and O–H groups in total. The van der Waals surface area contributed by atoms with Gasteiger partial charge in [-0.05, 0) is 48.4 Å². The molecule has 1 aromatic heterocycles. The van der Waals surface area contributed by atoms with Gasteiger partial charge in [-0.1, -0.05) is 41.9 Å². The molecule has 0 spiro atoms. The molecule has 0 bridgehead atoms. The van der Waals surface area contributed by atoms with Crippen LogP contribution in [0.5, 0.6) is 0 Å². The van der Waals surface area contributed by atoms with Crippen LogP contribution in [0.1, 0.15) is 45.8 Å². The predicted molar refractivity (Wildman–Crippen MR) is 121 cm³/mol. The van der Waals surface area contributed by atoms with Crippen LogP contribution in [0.4, 0.5) is 0 Å². The lowest BCUT2D eigenvalue weighted by molar-refractivity contribution is 0.0589. The third-order valence-electron chi connectivity index (χ3n) is 4.46. The Bertz CT molecular complexity index is 1020. The number of carbonyl (C=O) groups is 2. The molecule has 2 aromatic carbocycles. The summed E-state index contributed by atoms with van der Waals surface area (Å²) in [7, 11) is 4.84. The van der Waals surface area contributed by atoms with Crippen LogP contribution in [0.25, 0.3) is 10.9 Å². The number of hydrogen-bond acceptors (Lipinski definition) is 3. The average molecular weight is 459 g/mol. The van der Waals surface area contributed by atoms with Crippen LogP contribution in [-0.2, 0) is 11.3 Å². The van der Waals surface area contributed by atoms with Crippen LogP contribution in [0.3, 0.4) is 0 Å². The number of methoxy groups -OCH3 is 1. The quantitative estimate of drug-likeness (QED) is 0.500. The molecule has 1 heterocycles. The number of halogens is 1. The number of carbonyl (C=O) groups excluding carboxylic acids is 2. The van der Waals surface area contributed by atoms with Gasteiger partial charge in [-0.3, -0.25) is 4.79 Å². The molecule has 0 atom stereocenters. The second-order valence-electron chi connectivity index (χ2n) is 6.68. The van der Waals surface area contributed by atoms with Crippen LogP contribution in [0.2, 0.25) is 0 Å². The molecule has 0 unspecified atom stereocenters. The standard InChI is InChI=1S/C21H21BrN2O3.C2H6/c1-13-9-17(22)16-11-19(21(26)27-4)24(18(16)10-13)12-14-5-7-15(8-6-14)20(25)23(2)3;1-2/h5-11H,12H2,1-4H3;1-2H3. The summed E-state index contributed by atoms with van der Waals surface area (Å²) in [6.45, 7) is 6.52. The number of aryl methyl sites for hydroxylation is 1. The fraction of sp³-hybridized carbons (Fsp3) is 0.304. The maximum atomic E-state index is 12.3. The molecule has 0 radical (unpaired) electrons. The van der Waals surface area contributed by atoms with Crippen molar-refractivity contribution in [3.63, 3.8) is 0 Å². The Morgan fingerprint density at radius 3 is 2.24 bits per heavy atom. The first-order chi connectivity index (χ1) is 13.8. The first-order valence-electron chi connectivity index (χ1n) is 9.50. The summed E-state index contributed by atoms with van der Waals surface area (Å²) in [6.07, 6.45) is 0. The first-order valence-corrected chi connectivity index (χ1v) is 10.3. The summed E-state index contributed by atoms with van der Waals surface area (Å²) < 4.78 is 7.85. The molecule has 1 amide bonds. The van der Waals surface area contributed by atoms with Crippen molar-refractivity contribution in [2.75, 3.05) is 21.2 Å². The summed E-state index contributed by atoms with van der Waals surface area (Å²) in [5.74, 6) is -0.419. The monoisotopic (exact) mass is 458 g/mol. The minimum absolute atomic E-state index is 0.0391. The molecule has 29 heavy (non-hydrogen) atoms. The number of ether oxygens (including phenoxy) is 1. The van der Waals surface area contributed by atoms with Crippen molar-refractivity contribution < 1.29 is 14.3 Å². The van der Waals surface area contributed by atoms with E-state index in [-0.39, 0.29) is 11.9 Å². The Morgan fingerprint density at radius 1 is 1.07 bits per heavy atom. The molecule has 0 aliphatic carbocycles. The molecule has 0 fully saturated rings. The molecular weight excluding hydrogens is 432 g/mol. The Hall–Kier alpha value is -2.60. The van der Waals surface area contributed by atoms with Gasteiger partial charge in [-0.2, -0.15) is 0 Å². The zero-order valence-electron chi connectivity index (χ0n) is 17.7. The molecule has 0 saturated heterocycles. The SMILES string of the molecule is CC.COC(=O)c1cc2c(Br)cc(C)cc2n1Cc1ccc(C(=O)N(C)C)cc1. The first kappa shape index (κ1) is 22.7. The molecule has 154 valence electrons. The Morgan fingerprint density at radius 2 is 1.69 bits per heavy atom. The number of benzene rings is 2. The van der Waals surface area contributed by atoms with Crippen LogP contribution in [0, 0.1) is 6.92 Å². The lowest BCUT2D eigenvalue weighted by atomic mass is 10.1. The normalized spacial score (nSPS) is 10.3. The van der Waals surface area contributed by atoms with Crippen LogP contribution in [0.15, 0.2) is 46.9 Å². The zero-order valence-corrected chi connectivity index (χ0v) is 19.3. The van der Waals surface area contributed by atoms with Crippen molar-refractivity contribution in [1.82, 2.24) is 9.47 Å². The predicted octanol–water partition coefficient (Wildman–Crippen LogP) is 5.28. The molecule has 0 aliphatic rings. The van der Waals surface area contributed by atoms with Crippen LogP contribution in [-0.4, -0.2) is 42.5 Å². The molecule has 6 heteroatoms. The van der Waals surface area contributed by atoms with Gasteiger partial charge in [0.05, 0.1) is 12.6 Å². The van der Waals surface area contributed by atoms with Crippen molar-refractivity contribution in [3.8, 4) is 0 Å². The van der Waals surface area contributed by atoms with Gasteiger partial charge >= 0.3 is 5.97 Å². The van der Waals surface area contributed by atoms with E-state index in [9.17, 15) is 9.59 Å². The van der Waals surface area contributed by atoms with E-state index < -0.39 is 0 Å². The average Bonchev–Trinajstić information content (AvgIpc) is 3.07. The fourth-order valence-corrected chi connectivity index (χ4v) is 3.76. The highest BCUT2D eigenvalue weighted by Crippen LogP contribution is 2.30. The summed E-state index contributed by atoms with van der Waals surface area (Å²) in [6, 6.07) is 13.4. The highest BCUT2D eigenvalue weighted by atomic mass is 79.9. The zero-order chi connectivity index (χ0) is 21.7. The van der Waals surface area contributed by atoms with Crippen molar-refractivity contribution in [3.05, 3.63) is 69.3 Å². The van der Waals surface area contributed by atoms with E-state index >= 15 is 0 Å². The largest absolute Gasteiger partial charge is 0.464 e. The van der Waals surface area contributed by atoms with Gasteiger partial charge < -0.3 is 14.2 Å². The summed E-state index contributed by atoms with van der Waals surface area (Å²) in [4.78, 5) is 25.9. The number of hydrogen-bond donors (Lipinski definition) is 0. The van der Waals surface area contributed by atoms with E-state index in [4.69, 9.17) is 4.74 Å². The molecule has 3 aromatic rings. The van der Waals surface area contributed by atoms with Crippen molar-refractivity contribution in [2.45, 2.75) is 27.3 Å². The Labute approximate surface area is 180 Å². The number of rotatable bonds is 4. The fourth-order valence-electron chi connectivity index (χ4n) is 3.08. The van der Waals surface area contributed by atoms with Crippen LogP contribution < -0.4 is 0 Å². The third kappa shape index (κ3) is 4.88. The molecule has 0 aliphatic heterocycles. The number of esters is 1. The minimum atomic E-state index is -0.379. The van der Waals surface area contributed by atoms with Crippen molar-refractivity contribution >= 4 is 38.7 Å². The van der Waals surface area contributed by atoms with Crippen molar-refractivity contribution in [2.24, 2.45) is 0 Å². The van der Waals surface area contributed by atoms with E-state index in [2.05, 4.69) is 22.0 Å². The van der Waals surface area contributed by atoms with E-state index in [0.717, 1.165) is 26.5 Å². The second-order valence-corrected chi connectivity index (χ2v) is 7.54. The Balaban J connectivity index is 0.00000145. The maximum Gasteiger partial charge on any atom is 0.354 e. The van der Waals surface area contributed by atoms with E-state index in [1.165, 1.54) is 7.11 Å². The van der Waals surface area contributed by atoms with E-state index in [0.29, 0.717) is 17.8 Å². The van der Waals surface area contributed by atoms with E-state index in [1.54, 1.807) is 19.0 Å². The third-order valence-corrected chi connectivity index (χ3v) is 5.11.